The molecule has 0 aromatic heterocycles. The van der Waals surface area contributed by atoms with E-state index in [1.54, 1.807) is 20.1 Å². The normalized spacial score (nSPS) is 24.8. The molecule has 1 amide bonds. The molecule has 1 aliphatic heterocycles. The quantitative estimate of drug-likeness (QED) is 0.776. The maximum atomic E-state index is 13.9. The molecule has 1 saturated carbocycles. The first-order valence-corrected chi connectivity index (χ1v) is 10.6. The Hall–Kier alpha value is -1.66. The molecule has 0 radical (unpaired) electrons. The van der Waals surface area contributed by atoms with Gasteiger partial charge in [-0.05, 0) is 63.6 Å². The van der Waals surface area contributed by atoms with Crippen molar-refractivity contribution in [2.75, 3.05) is 44.7 Å². The summed E-state index contributed by atoms with van der Waals surface area (Å²) in [6, 6.07) is 7.35. The molecule has 0 unspecified atom stereocenters. The molecule has 1 heterocycles. The number of nitrogens with one attached hydrogen (secondary N) is 1. The minimum absolute atomic E-state index is 0.00123. The first kappa shape index (κ1) is 21.1. The summed E-state index contributed by atoms with van der Waals surface area (Å²) in [6.07, 6.45) is 5.33. The minimum Gasteiger partial charge on any atom is -0.372 e. The third-order valence-electron chi connectivity index (χ3n) is 6.33. The molecule has 28 heavy (non-hydrogen) atoms. The fourth-order valence-electron chi connectivity index (χ4n) is 4.31. The topological polar surface area (TPSA) is 44.8 Å². The van der Waals surface area contributed by atoms with E-state index >= 15 is 0 Å². The number of benzene rings is 1. The van der Waals surface area contributed by atoms with Crippen LogP contribution in [0.5, 0.6) is 0 Å². The van der Waals surface area contributed by atoms with Crippen LogP contribution in [-0.4, -0.2) is 62.8 Å². The molecule has 2 fully saturated rings. The summed E-state index contributed by atoms with van der Waals surface area (Å²) >= 11 is 0. The summed E-state index contributed by atoms with van der Waals surface area (Å²) in [7, 11) is 1.57. The fraction of sp³-hybridized carbons (Fsp3) is 0.682. The van der Waals surface area contributed by atoms with E-state index in [9.17, 15) is 9.18 Å². The van der Waals surface area contributed by atoms with Gasteiger partial charge in [-0.3, -0.25) is 9.69 Å². The molecule has 1 N–H and O–H groups in total. The summed E-state index contributed by atoms with van der Waals surface area (Å²) in [6.45, 7) is 6.67. The van der Waals surface area contributed by atoms with E-state index in [0.717, 1.165) is 57.2 Å². The van der Waals surface area contributed by atoms with Crippen LogP contribution in [0.2, 0.25) is 0 Å². The number of hydrogen-bond acceptors (Lipinski definition) is 4. The Bertz CT molecular complexity index is 626. The molecule has 0 bridgehead atoms. The minimum atomic E-state index is -0.374. The molecule has 1 saturated heterocycles. The number of anilines is 1. The van der Waals surface area contributed by atoms with Gasteiger partial charge in [0.2, 0.25) is 5.91 Å². The maximum Gasteiger partial charge on any atom is 0.249 e. The standard InChI is InChI=1S/C22H34FN3O2/c1-17(28-2)22(27)24-19-9-7-18(8-10-19)11-12-25-13-15-26(16-14-25)21-6-4-3-5-20(21)23/h3-6,17-19H,7-16H2,1-2H3,(H,24,27)/t17-,18?,19?/m1/s1. The number of halogens is 1. The first-order chi connectivity index (χ1) is 13.6. The Labute approximate surface area is 168 Å². The molecule has 5 nitrogen and oxygen atoms in total. The zero-order valence-electron chi connectivity index (χ0n) is 17.2. The molecule has 1 atom stereocenters. The number of rotatable bonds is 7. The van der Waals surface area contributed by atoms with Gasteiger partial charge in [-0.1, -0.05) is 12.1 Å². The number of nitrogens with zero attached hydrogens (tertiary/aromatic N) is 2. The van der Waals surface area contributed by atoms with Crippen molar-refractivity contribution in [3.8, 4) is 0 Å². The number of amides is 1. The summed E-state index contributed by atoms with van der Waals surface area (Å²) in [5.41, 5.74) is 0.727. The van der Waals surface area contributed by atoms with Crippen LogP contribution in [0.4, 0.5) is 10.1 Å². The number of piperazine rings is 1. The van der Waals surface area contributed by atoms with E-state index in [1.165, 1.54) is 25.3 Å². The molecule has 6 heteroatoms. The fourth-order valence-corrected chi connectivity index (χ4v) is 4.31. The highest BCUT2D eigenvalue weighted by Crippen LogP contribution is 2.27. The van der Waals surface area contributed by atoms with Gasteiger partial charge in [-0.25, -0.2) is 4.39 Å². The van der Waals surface area contributed by atoms with Crippen molar-refractivity contribution in [1.29, 1.82) is 0 Å². The number of para-hydroxylation sites is 1. The molecule has 156 valence electrons. The van der Waals surface area contributed by atoms with Crippen LogP contribution in [0.3, 0.4) is 0 Å². The van der Waals surface area contributed by atoms with E-state index in [4.69, 9.17) is 4.74 Å². The zero-order chi connectivity index (χ0) is 19.9. The number of methoxy groups -OCH3 is 1. The van der Waals surface area contributed by atoms with Crippen molar-refractivity contribution in [2.24, 2.45) is 5.92 Å². The lowest BCUT2D eigenvalue weighted by molar-refractivity contribution is -0.131. The van der Waals surface area contributed by atoms with Gasteiger partial charge in [0.15, 0.2) is 0 Å². The van der Waals surface area contributed by atoms with Crippen molar-refractivity contribution in [2.45, 2.75) is 51.2 Å². The Morgan fingerprint density at radius 1 is 1.18 bits per heavy atom. The molecule has 1 aromatic carbocycles. The van der Waals surface area contributed by atoms with Crippen LogP contribution in [0.15, 0.2) is 24.3 Å². The lowest BCUT2D eigenvalue weighted by Crippen LogP contribution is -2.47. The summed E-state index contributed by atoms with van der Waals surface area (Å²) in [4.78, 5) is 16.6. The Morgan fingerprint density at radius 2 is 1.86 bits per heavy atom. The van der Waals surface area contributed by atoms with Gasteiger partial charge in [0.05, 0.1) is 5.69 Å². The Balaban J connectivity index is 1.33. The average molecular weight is 392 g/mol. The zero-order valence-corrected chi connectivity index (χ0v) is 17.2. The molecule has 1 aromatic rings. The predicted octanol–water partition coefficient (Wildman–Crippen LogP) is 3.05. The number of hydrogen-bond donors (Lipinski definition) is 1. The van der Waals surface area contributed by atoms with E-state index in [2.05, 4.69) is 15.1 Å². The summed E-state index contributed by atoms with van der Waals surface area (Å²) in [5.74, 6) is 0.621. The highest BCUT2D eigenvalue weighted by molar-refractivity contribution is 5.80. The molecule has 3 rings (SSSR count). The lowest BCUT2D eigenvalue weighted by Gasteiger charge is -2.37. The molecule has 2 aliphatic rings. The van der Waals surface area contributed by atoms with Crippen molar-refractivity contribution in [3.05, 3.63) is 30.1 Å². The summed E-state index contributed by atoms with van der Waals surface area (Å²) in [5, 5.41) is 3.11. The average Bonchev–Trinajstić information content (AvgIpc) is 2.73. The van der Waals surface area contributed by atoms with E-state index < -0.39 is 0 Å². The van der Waals surface area contributed by atoms with Gasteiger partial charge in [0, 0.05) is 39.3 Å². The highest BCUT2D eigenvalue weighted by Gasteiger charge is 2.25. The second-order valence-electron chi connectivity index (χ2n) is 8.17. The van der Waals surface area contributed by atoms with Crippen molar-refractivity contribution in [3.63, 3.8) is 0 Å². The molecule has 0 spiro atoms. The Morgan fingerprint density at radius 3 is 2.50 bits per heavy atom. The second-order valence-corrected chi connectivity index (χ2v) is 8.17. The third-order valence-corrected chi connectivity index (χ3v) is 6.33. The van der Waals surface area contributed by atoms with Crippen LogP contribution >= 0.6 is 0 Å². The van der Waals surface area contributed by atoms with E-state index in [0.29, 0.717) is 6.04 Å². The SMILES string of the molecule is CO[C@H](C)C(=O)NC1CCC(CCN2CCN(c3ccccc3F)CC2)CC1. The van der Waals surface area contributed by atoms with Gasteiger partial charge < -0.3 is 15.0 Å². The third kappa shape index (κ3) is 5.67. The molecular weight excluding hydrogens is 357 g/mol. The molecule has 1 aliphatic carbocycles. The van der Waals surface area contributed by atoms with Gasteiger partial charge in [0.25, 0.3) is 0 Å². The van der Waals surface area contributed by atoms with Gasteiger partial charge in [0.1, 0.15) is 11.9 Å². The number of carbonyl (C=O) groups is 1. The molecular formula is C22H34FN3O2. The largest absolute Gasteiger partial charge is 0.372 e. The smallest absolute Gasteiger partial charge is 0.249 e. The van der Waals surface area contributed by atoms with Crippen LogP contribution in [0, 0.1) is 11.7 Å². The van der Waals surface area contributed by atoms with Crippen LogP contribution in [0.1, 0.15) is 39.0 Å². The number of ether oxygens (including phenoxy) is 1. The van der Waals surface area contributed by atoms with Gasteiger partial charge >= 0.3 is 0 Å². The second kappa shape index (κ2) is 10.2. The monoisotopic (exact) mass is 391 g/mol. The van der Waals surface area contributed by atoms with Crippen molar-refractivity contribution >= 4 is 11.6 Å². The lowest BCUT2D eigenvalue weighted by atomic mass is 9.84. The van der Waals surface area contributed by atoms with Crippen molar-refractivity contribution < 1.29 is 13.9 Å². The van der Waals surface area contributed by atoms with Crippen LogP contribution in [-0.2, 0) is 9.53 Å². The first-order valence-electron chi connectivity index (χ1n) is 10.6. The van der Waals surface area contributed by atoms with Crippen LogP contribution in [0.25, 0.3) is 0 Å². The number of carbonyl (C=O) groups excluding carboxylic acids is 1. The maximum absolute atomic E-state index is 13.9. The van der Waals surface area contributed by atoms with E-state index in [-0.39, 0.29) is 17.8 Å². The van der Waals surface area contributed by atoms with Gasteiger partial charge in [-0.15, -0.1) is 0 Å². The summed E-state index contributed by atoms with van der Waals surface area (Å²) < 4.78 is 19.0. The highest BCUT2D eigenvalue weighted by atomic mass is 19.1. The van der Waals surface area contributed by atoms with Crippen LogP contribution < -0.4 is 10.2 Å². The van der Waals surface area contributed by atoms with Gasteiger partial charge in [-0.2, -0.15) is 0 Å². The van der Waals surface area contributed by atoms with Crippen molar-refractivity contribution in [1.82, 2.24) is 10.2 Å². The Kier molecular flexibility index (Phi) is 7.68. The predicted molar refractivity (Wildman–Crippen MR) is 110 cm³/mol. The van der Waals surface area contributed by atoms with E-state index in [1.807, 2.05) is 12.1 Å².